The second-order valence-electron chi connectivity index (χ2n) is 10.8. The number of carbonyl (C=O) groups excluding carboxylic acids is 1. The Morgan fingerprint density at radius 2 is 2.02 bits per heavy atom. The molecule has 5 rings (SSSR count). The molecule has 1 amide bonds. The summed E-state index contributed by atoms with van der Waals surface area (Å²) >= 11 is 0. The van der Waals surface area contributed by atoms with Gasteiger partial charge in [0.2, 0.25) is 5.91 Å². The fraction of sp³-hybridized carbons (Fsp3) is 0.429. The molecule has 42 heavy (non-hydrogen) atoms. The highest BCUT2D eigenvalue weighted by Gasteiger charge is 2.30. The Morgan fingerprint density at radius 3 is 2.76 bits per heavy atom. The van der Waals surface area contributed by atoms with Gasteiger partial charge in [-0.15, -0.1) is 0 Å². The average molecular weight is 599 g/mol. The first-order valence-electron chi connectivity index (χ1n) is 13.5. The summed E-state index contributed by atoms with van der Waals surface area (Å²) in [4.78, 5) is 27.2. The molecule has 1 unspecified atom stereocenters. The summed E-state index contributed by atoms with van der Waals surface area (Å²) in [7, 11) is -3.66. The van der Waals surface area contributed by atoms with E-state index < -0.39 is 15.4 Å². The predicted octanol–water partition coefficient (Wildman–Crippen LogP) is 2.78. The van der Waals surface area contributed by atoms with Crippen molar-refractivity contribution in [2.75, 3.05) is 54.7 Å². The van der Waals surface area contributed by atoms with Crippen molar-refractivity contribution in [3.63, 3.8) is 0 Å². The van der Waals surface area contributed by atoms with Crippen LogP contribution in [0.1, 0.15) is 27.2 Å². The van der Waals surface area contributed by atoms with Crippen molar-refractivity contribution in [2.24, 2.45) is 0 Å². The molecule has 1 atom stereocenters. The molecule has 1 saturated heterocycles. The van der Waals surface area contributed by atoms with E-state index in [0.29, 0.717) is 54.0 Å². The van der Waals surface area contributed by atoms with E-state index in [0.717, 1.165) is 12.7 Å². The Bertz CT molecular complexity index is 1600. The molecule has 14 heteroatoms. The largest absolute Gasteiger partial charge is 0.479 e. The Kier molecular flexibility index (Phi) is 8.21. The summed E-state index contributed by atoms with van der Waals surface area (Å²) in [5, 5.41) is 14.9. The van der Waals surface area contributed by atoms with E-state index in [1.807, 2.05) is 18.7 Å². The van der Waals surface area contributed by atoms with Crippen LogP contribution in [0.4, 0.5) is 23.0 Å². The molecule has 13 nitrogen and oxygen atoms in total. The van der Waals surface area contributed by atoms with Crippen LogP contribution in [-0.2, 0) is 19.4 Å². The number of pyridine rings is 3. The summed E-state index contributed by atoms with van der Waals surface area (Å²) in [5.41, 5.74) is 1.73. The van der Waals surface area contributed by atoms with Gasteiger partial charge in [-0.3, -0.25) is 4.79 Å². The van der Waals surface area contributed by atoms with Crippen molar-refractivity contribution < 1.29 is 32.5 Å². The van der Waals surface area contributed by atoms with E-state index in [-0.39, 0.29) is 41.9 Å². The van der Waals surface area contributed by atoms with E-state index in [2.05, 4.69) is 25.6 Å². The zero-order valence-corrected chi connectivity index (χ0v) is 24.7. The van der Waals surface area contributed by atoms with Crippen molar-refractivity contribution >= 4 is 38.8 Å². The molecule has 0 saturated carbocycles. The Morgan fingerprint density at radius 1 is 1.21 bits per heavy atom. The maximum absolute atomic E-state index is 12.6. The monoisotopic (exact) mass is 598 g/mol. The number of anilines is 4. The van der Waals surface area contributed by atoms with Crippen LogP contribution in [0, 0.1) is 0 Å². The smallest absolute Gasteiger partial charge is 0.257 e. The Balaban J connectivity index is 1.53. The molecule has 3 aromatic rings. The minimum Gasteiger partial charge on any atom is -0.479 e. The minimum absolute atomic E-state index is 0.0665. The van der Waals surface area contributed by atoms with Crippen molar-refractivity contribution in [3.8, 4) is 22.9 Å². The molecule has 5 heterocycles. The standard InChI is InChI=1S/C28H34N6O7S/c1-17(36)30-24-13-22(20(14-29-24)21-5-6-23-27(32-21)40-16-28(2,3)41-23)31-25-11-18(12-26(33-25)42(4,37)38)34-8-7-19(15-34)39-10-9-35/h5-6,11-14,19,35H,7-10,15-16H2,1-4H3,(H2,29,30,31,33,36). The summed E-state index contributed by atoms with van der Waals surface area (Å²) in [6.07, 6.45) is 3.32. The highest BCUT2D eigenvalue weighted by atomic mass is 32.2. The number of aliphatic hydroxyl groups excluding tert-OH is 1. The van der Waals surface area contributed by atoms with Crippen LogP contribution < -0.4 is 25.0 Å². The molecule has 1 fully saturated rings. The normalized spacial score (nSPS) is 17.6. The van der Waals surface area contributed by atoms with E-state index in [1.54, 1.807) is 30.5 Å². The number of ether oxygens (including phenoxy) is 3. The number of hydrogen-bond donors (Lipinski definition) is 3. The molecule has 2 aliphatic heterocycles. The molecule has 0 spiro atoms. The van der Waals surface area contributed by atoms with Crippen LogP contribution in [0.25, 0.3) is 11.3 Å². The van der Waals surface area contributed by atoms with Crippen LogP contribution in [0.3, 0.4) is 0 Å². The van der Waals surface area contributed by atoms with Crippen molar-refractivity contribution in [3.05, 3.63) is 36.5 Å². The number of hydrogen-bond acceptors (Lipinski definition) is 12. The molecule has 2 aliphatic rings. The summed E-state index contributed by atoms with van der Waals surface area (Å²) in [5.74, 6) is 1.12. The highest BCUT2D eigenvalue weighted by molar-refractivity contribution is 7.90. The van der Waals surface area contributed by atoms with E-state index in [1.165, 1.54) is 13.0 Å². The number of amides is 1. The Hall–Kier alpha value is -4.01. The predicted molar refractivity (Wildman–Crippen MR) is 156 cm³/mol. The third-order valence-corrected chi connectivity index (χ3v) is 7.61. The van der Waals surface area contributed by atoms with Gasteiger partial charge in [-0.2, -0.15) is 0 Å². The molecule has 224 valence electrons. The fourth-order valence-electron chi connectivity index (χ4n) is 4.72. The number of fused-ring (bicyclic) bond motifs is 1. The third-order valence-electron chi connectivity index (χ3n) is 6.64. The summed E-state index contributed by atoms with van der Waals surface area (Å²) in [6, 6.07) is 8.46. The maximum atomic E-state index is 12.6. The zero-order chi connectivity index (χ0) is 30.1. The van der Waals surface area contributed by atoms with Crippen LogP contribution in [0.15, 0.2) is 41.6 Å². The second-order valence-corrected chi connectivity index (χ2v) is 12.8. The summed E-state index contributed by atoms with van der Waals surface area (Å²) < 4.78 is 42.7. The number of nitrogens with one attached hydrogen (secondary N) is 2. The van der Waals surface area contributed by atoms with Crippen molar-refractivity contribution in [2.45, 2.75) is 43.9 Å². The number of aliphatic hydroxyl groups is 1. The minimum atomic E-state index is -3.66. The SMILES string of the molecule is CC(=O)Nc1cc(Nc2cc(N3CCC(OCCO)C3)cc(S(C)(=O)=O)n2)c(-c2ccc3c(n2)OCC(C)(C)O3)cn1. The maximum Gasteiger partial charge on any atom is 0.257 e. The lowest BCUT2D eigenvalue weighted by Gasteiger charge is -2.31. The summed E-state index contributed by atoms with van der Waals surface area (Å²) in [6.45, 7) is 6.91. The van der Waals surface area contributed by atoms with Crippen molar-refractivity contribution in [1.82, 2.24) is 15.0 Å². The van der Waals surface area contributed by atoms with Gasteiger partial charge in [0.15, 0.2) is 20.6 Å². The van der Waals surface area contributed by atoms with E-state index in [9.17, 15) is 13.2 Å². The van der Waals surface area contributed by atoms with Crippen LogP contribution in [0.5, 0.6) is 11.6 Å². The average Bonchev–Trinajstić information content (AvgIpc) is 3.40. The van der Waals surface area contributed by atoms with Gasteiger partial charge in [0.05, 0.1) is 30.7 Å². The lowest BCUT2D eigenvalue weighted by molar-refractivity contribution is -0.114. The van der Waals surface area contributed by atoms with Gasteiger partial charge in [0, 0.05) is 55.8 Å². The van der Waals surface area contributed by atoms with E-state index >= 15 is 0 Å². The van der Waals surface area contributed by atoms with Gasteiger partial charge < -0.3 is 34.9 Å². The number of carbonyl (C=O) groups is 1. The zero-order valence-electron chi connectivity index (χ0n) is 23.9. The highest BCUT2D eigenvalue weighted by Crippen LogP contribution is 2.38. The number of sulfone groups is 1. The number of nitrogens with zero attached hydrogens (tertiary/aromatic N) is 4. The molecule has 0 aromatic carbocycles. The van der Waals surface area contributed by atoms with Crippen LogP contribution in [0.2, 0.25) is 0 Å². The lowest BCUT2D eigenvalue weighted by atomic mass is 10.1. The van der Waals surface area contributed by atoms with Gasteiger partial charge in [0.1, 0.15) is 23.8 Å². The molecular formula is C28H34N6O7S. The van der Waals surface area contributed by atoms with Gasteiger partial charge >= 0.3 is 0 Å². The number of aromatic nitrogens is 3. The van der Waals surface area contributed by atoms with Gasteiger partial charge in [-0.25, -0.2) is 23.4 Å². The molecule has 0 aliphatic carbocycles. The van der Waals surface area contributed by atoms with Gasteiger partial charge in [0.25, 0.3) is 5.88 Å². The molecule has 0 bridgehead atoms. The fourth-order valence-corrected chi connectivity index (χ4v) is 5.32. The first-order chi connectivity index (χ1) is 19.9. The second kappa shape index (κ2) is 11.7. The lowest BCUT2D eigenvalue weighted by Crippen LogP contribution is -2.39. The first-order valence-corrected chi connectivity index (χ1v) is 15.4. The van der Waals surface area contributed by atoms with Crippen LogP contribution >= 0.6 is 0 Å². The molecule has 0 radical (unpaired) electrons. The quantitative estimate of drug-likeness (QED) is 0.330. The van der Waals surface area contributed by atoms with Gasteiger partial charge in [-0.05, 0) is 38.5 Å². The first kappa shape index (κ1) is 29.5. The topological polar surface area (TPSA) is 165 Å². The number of rotatable bonds is 9. The Labute approximate surface area is 244 Å². The van der Waals surface area contributed by atoms with Crippen molar-refractivity contribution in [1.29, 1.82) is 0 Å². The molecule has 3 aromatic heterocycles. The van der Waals surface area contributed by atoms with Crippen LogP contribution in [-0.4, -0.2) is 85.3 Å². The molecule has 3 N–H and O–H groups in total. The van der Waals surface area contributed by atoms with E-state index in [4.69, 9.17) is 19.3 Å². The van der Waals surface area contributed by atoms with Gasteiger partial charge in [-0.1, -0.05) is 0 Å². The third kappa shape index (κ3) is 6.89. The molecular weight excluding hydrogens is 564 g/mol.